The van der Waals surface area contributed by atoms with Crippen LogP contribution in [-0.2, 0) is 11.8 Å². The maximum absolute atomic E-state index is 12.0. The molecule has 2 aromatic carbocycles. The van der Waals surface area contributed by atoms with Crippen molar-refractivity contribution >= 4 is 41.2 Å². The minimum Gasteiger partial charge on any atom is -0.305 e. The highest BCUT2D eigenvalue weighted by Gasteiger charge is 2.12. The summed E-state index contributed by atoms with van der Waals surface area (Å²) in [6.07, 6.45) is 1.34. The van der Waals surface area contributed by atoms with Gasteiger partial charge in [0, 0.05) is 35.3 Å². The molecule has 0 aliphatic heterocycles. The summed E-state index contributed by atoms with van der Waals surface area (Å²) in [5.41, 5.74) is 3.71. The normalized spacial score (nSPS) is 11.0. The van der Waals surface area contributed by atoms with Crippen LogP contribution in [0.15, 0.2) is 58.8 Å². The largest absolute Gasteiger partial charge is 0.305 e. The van der Waals surface area contributed by atoms with E-state index >= 15 is 0 Å². The van der Waals surface area contributed by atoms with Gasteiger partial charge in [-0.3, -0.25) is 14.9 Å². The molecule has 1 heterocycles. The number of amides is 1. The van der Waals surface area contributed by atoms with E-state index in [4.69, 9.17) is 11.6 Å². The Labute approximate surface area is 174 Å². The van der Waals surface area contributed by atoms with Gasteiger partial charge in [0.05, 0.1) is 16.9 Å². The van der Waals surface area contributed by atoms with Gasteiger partial charge >= 0.3 is 0 Å². The van der Waals surface area contributed by atoms with Crippen LogP contribution >= 0.6 is 23.4 Å². The van der Waals surface area contributed by atoms with Crippen LogP contribution in [0.5, 0.6) is 0 Å². The number of carbonyl (C=O) groups excluding carboxylic acids is 1. The standard InChI is InChI=1S/C18H15ClN6O3S/c1-24-17(13-5-7-14(19)8-6-13)22-23-18(24)29-11-16(26)21-20-10-12-3-2-4-15(9-12)25(27)28/h2-10H,11H2,1H3,(H,21,26). The Balaban J connectivity index is 1.55. The highest BCUT2D eigenvalue weighted by atomic mass is 35.5. The fourth-order valence-corrected chi connectivity index (χ4v) is 3.18. The number of aromatic nitrogens is 3. The van der Waals surface area contributed by atoms with Gasteiger partial charge in [-0.15, -0.1) is 10.2 Å². The first kappa shape index (κ1) is 20.5. The van der Waals surface area contributed by atoms with Gasteiger partial charge in [0.25, 0.3) is 11.6 Å². The van der Waals surface area contributed by atoms with Crippen LogP contribution in [0.3, 0.4) is 0 Å². The molecule has 0 spiro atoms. The van der Waals surface area contributed by atoms with Crippen molar-refractivity contribution in [2.24, 2.45) is 12.1 Å². The lowest BCUT2D eigenvalue weighted by Gasteiger charge is -2.04. The second kappa shape index (κ2) is 9.30. The quantitative estimate of drug-likeness (QED) is 0.266. The minimum atomic E-state index is -0.494. The molecule has 11 heteroatoms. The summed E-state index contributed by atoms with van der Waals surface area (Å²) in [4.78, 5) is 22.2. The number of carbonyl (C=O) groups is 1. The number of non-ortho nitro benzene ring substituents is 1. The lowest BCUT2D eigenvalue weighted by molar-refractivity contribution is -0.384. The van der Waals surface area contributed by atoms with Crippen molar-refractivity contribution < 1.29 is 9.72 Å². The van der Waals surface area contributed by atoms with Crippen LogP contribution in [0.2, 0.25) is 5.02 Å². The molecular formula is C18H15ClN6O3S. The summed E-state index contributed by atoms with van der Waals surface area (Å²) < 4.78 is 1.79. The molecule has 9 nitrogen and oxygen atoms in total. The molecule has 0 saturated heterocycles. The van der Waals surface area contributed by atoms with Gasteiger partial charge < -0.3 is 4.57 Å². The van der Waals surface area contributed by atoms with E-state index in [-0.39, 0.29) is 17.3 Å². The monoisotopic (exact) mass is 430 g/mol. The molecular weight excluding hydrogens is 416 g/mol. The van der Waals surface area contributed by atoms with Crippen LogP contribution in [0.4, 0.5) is 5.69 Å². The predicted molar refractivity (Wildman–Crippen MR) is 111 cm³/mol. The number of halogens is 1. The molecule has 1 N–H and O–H groups in total. The van der Waals surface area contributed by atoms with Crippen LogP contribution in [0, 0.1) is 10.1 Å². The summed E-state index contributed by atoms with van der Waals surface area (Å²) in [6.45, 7) is 0. The molecule has 29 heavy (non-hydrogen) atoms. The van der Waals surface area contributed by atoms with Crippen molar-refractivity contribution in [2.45, 2.75) is 5.16 Å². The van der Waals surface area contributed by atoms with E-state index in [2.05, 4.69) is 20.7 Å². The number of hydrazone groups is 1. The first-order chi connectivity index (χ1) is 13.9. The molecule has 0 aliphatic rings. The molecule has 0 atom stereocenters. The van der Waals surface area contributed by atoms with Crippen molar-refractivity contribution in [1.82, 2.24) is 20.2 Å². The van der Waals surface area contributed by atoms with E-state index in [0.29, 0.717) is 21.6 Å². The number of nitro groups is 1. The van der Waals surface area contributed by atoms with Crippen molar-refractivity contribution in [3.8, 4) is 11.4 Å². The maximum atomic E-state index is 12.0. The molecule has 1 amide bonds. The summed E-state index contributed by atoms with van der Waals surface area (Å²) in [5.74, 6) is 0.403. The van der Waals surface area contributed by atoms with Crippen LogP contribution in [0.25, 0.3) is 11.4 Å². The Morgan fingerprint density at radius 3 is 2.79 bits per heavy atom. The molecule has 0 bridgehead atoms. The molecule has 0 unspecified atom stereocenters. The van der Waals surface area contributed by atoms with Gasteiger partial charge in [0.2, 0.25) is 0 Å². The Bertz CT molecular complexity index is 1070. The lowest BCUT2D eigenvalue weighted by Crippen LogP contribution is -2.19. The van der Waals surface area contributed by atoms with Gasteiger partial charge in [-0.25, -0.2) is 5.43 Å². The zero-order chi connectivity index (χ0) is 20.8. The number of benzene rings is 2. The molecule has 0 fully saturated rings. The van der Waals surface area contributed by atoms with Gasteiger partial charge in [0.15, 0.2) is 11.0 Å². The highest BCUT2D eigenvalue weighted by molar-refractivity contribution is 7.99. The Hall–Kier alpha value is -3.24. The molecule has 3 aromatic rings. The first-order valence-electron chi connectivity index (χ1n) is 8.28. The van der Waals surface area contributed by atoms with E-state index in [1.807, 2.05) is 19.2 Å². The molecule has 3 rings (SSSR count). The highest BCUT2D eigenvalue weighted by Crippen LogP contribution is 2.23. The number of nitrogens with zero attached hydrogens (tertiary/aromatic N) is 5. The van der Waals surface area contributed by atoms with E-state index in [9.17, 15) is 14.9 Å². The topological polar surface area (TPSA) is 115 Å². The fourth-order valence-electron chi connectivity index (χ4n) is 2.35. The first-order valence-corrected chi connectivity index (χ1v) is 9.65. The van der Waals surface area contributed by atoms with Crippen molar-refractivity contribution in [2.75, 3.05) is 5.75 Å². The van der Waals surface area contributed by atoms with Crippen LogP contribution < -0.4 is 5.43 Å². The van der Waals surface area contributed by atoms with E-state index in [0.717, 1.165) is 5.56 Å². The maximum Gasteiger partial charge on any atom is 0.270 e. The van der Waals surface area contributed by atoms with E-state index < -0.39 is 4.92 Å². The lowest BCUT2D eigenvalue weighted by atomic mass is 10.2. The van der Waals surface area contributed by atoms with Crippen molar-refractivity contribution in [3.63, 3.8) is 0 Å². The van der Waals surface area contributed by atoms with Crippen molar-refractivity contribution in [1.29, 1.82) is 0 Å². The number of thioether (sulfide) groups is 1. The molecule has 148 valence electrons. The average Bonchev–Trinajstić information content (AvgIpc) is 3.07. The molecule has 1 aromatic heterocycles. The third-order valence-corrected chi connectivity index (χ3v) is 5.03. The number of nitrogens with one attached hydrogen (secondary N) is 1. The third-order valence-electron chi connectivity index (χ3n) is 3.75. The van der Waals surface area contributed by atoms with Crippen molar-refractivity contribution in [3.05, 3.63) is 69.2 Å². The summed E-state index contributed by atoms with van der Waals surface area (Å²) >= 11 is 7.11. The van der Waals surface area contributed by atoms with Gasteiger partial charge in [0.1, 0.15) is 0 Å². The summed E-state index contributed by atoms with van der Waals surface area (Å²) in [5, 5.41) is 24.0. The van der Waals surface area contributed by atoms with Gasteiger partial charge in [-0.2, -0.15) is 5.10 Å². The zero-order valence-corrected chi connectivity index (χ0v) is 16.7. The number of hydrogen-bond donors (Lipinski definition) is 1. The second-order valence-electron chi connectivity index (χ2n) is 5.81. The third kappa shape index (κ3) is 5.39. The Kier molecular flexibility index (Phi) is 6.57. The Morgan fingerprint density at radius 2 is 2.07 bits per heavy atom. The minimum absolute atomic E-state index is 0.0467. The number of nitro benzene ring substituents is 1. The zero-order valence-electron chi connectivity index (χ0n) is 15.2. The number of hydrogen-bond acceptors (Lipinski definition) is 7. The number of rotatable bonds is 7. The second-order valence-corrected chi connectivity index (χ2v) is 7.18. The van der Waals surface area contributed by atoms with Crippen LogP contribution in [0.1, 0.15) is 5.56 Å². The van der Waals surface area contributed by atoms with Gasteiger partial charge in [-0.1, -0.05) is 35.5 Å². The SMILES string of the molecule is Cn1c(SCC(=O)NN=Cc2cccc([N+](=O)[O-])c2)nnc1-c1ccc(Cl)cc1. The van der Waals surface area contributed by atoms with E-state index in [1.54, 1.807) is 28.8 Å². The average molecular weight is 431 g/mol. The molecule has 0 saturated carbocycles. The van der Waals surface area contributed by atoms with Gasteiger partial charge in [-0.05, 0) is 24.3 Å². The smallest absolute Gasteiger partial charge is 0.270 e. The van der Waals surface area contributed by atoms with E-state index in [1.165, 1.54) is 30.1 Å². The predicted octanol–water partition coefficient (Wildman–Crippen LogP) is 3.29. The Morgan fingerprint density at radius 1 is 1.31 bits per heavy atom. The fraction of sp³-hybridized carbons (Fsp3) is 0.111. The summed E-state index contributed by atoms with van der Waals surface area (Å²) in [6, 6.07) is 13.2. The summed E-state index contributed by atoms with van der Waals surface area (Å²) in [7, 11) is 1.81. The van der Waals surface area contributed by atoms with Crippen LogP contribution in [-0.4, -0.2) is 37.6 Å². The molecule has 0 aliphatic carbocycles. The molecule has 0 radical (unpaired) electrons.